The molecule has 0 bridgehead atoms. The highest BCUT2D eigenvalue weighted by Crippen LogP contribution is 2.25. The first-order valence-corrected chi connectivity index (χ1v) is 8.71. The summed E-state index contributed by atoms with van der Waals surface area (Å²) in [6, 6.07) is 9.85. The van der Waals surface area contributed by atoms with Gasteiger partial charge in [-0.1, -0.05) is 29.2 Å². The van der Waals surface area contributed by atoms with Crippen molar-refractivity contribution in [1.82, 2.24) is 10.2 Å². The van der Waals surface area contributed by atoms with E-state index in [4.69, 9.17) is 9.15 Å². The third-order valence-corrected chi connectivity index (χ3v) is 4.75. The summed E-state index contributed by atoms with van der Waals surface area (Å²) in [5.74, 6) is 1.79. The summed E-state index contributed by atoms with van der Waals surface area (Å²) in [5.41, 5.74) is 0. The van der Waals surface area contributed by atoms with Crippen molar-refractivity contribution in [1.29, 1.82) is 0 Å². The van der Waals surface area contributed by atoms with Gasteiger partial charge in [-0.2, -0.15) is 0 Å². The van der Waals surface area contributed by atoms with Crippen LogP contribution in [0.15, 0.2) is 51.4 Å². The minimum Gasteiger partial charge on any atom is -0.493 e. The third kappa shape index (κ3) is 4.97. The van der Waals surface area contributed by atoms with Gasteiger partial charge in [0.1, 0.15) is 17.3 Å². The van der Waals surface area contributed by atoms with Crippen LogP contribution in [0.4, 0.5) is 9.52 Å². The van der Waals surface area contributed by atoms with Crippen LogP contribution in [0.1, 0.15) is 5.76 Å². The Labute approximate surface area is 140 Å². The van der Waals surface area contributed by atoms with Crippen LogP contribution in [0.2, 0.25) is 0 Å². The lowest BCUT2D eigenvalue weighted by atomic mass is 10.3. The van der Waals surface area contributed by atoms with Crippen LogP contribution < -0.4 is 10.1 Å². The number of thioether (sulfide) groups is 1. The van der Waals surface area contributed by atoms with Crippen LogP contribution >= 0.6 is 23.1 Å². The molecule has 0 aliphatic rings. The fourth-order valence-corrected chi connectivity index (χ4v) is 3.40. The van der Waals surface area contributed by atoms with Crippen molar-refractivity contribution in [2.75, 3.05) is 17.7 Å². The first-order chi connectivity index (χ1) is 11.3. The molecule has 3 rings (SSSR count). The first-order valence-electron chi connectivity index (χ1n) is 6.90. The number of benzene rings is 1. The SMILES string of the molecule is Fc1cccc(OCCSc2nnc(NCc3ccco3)s2)c1. The van der Waals surface area contributed by atoms with Gasteiger partial charge in [-0.15, -0.1) is 10.2 Å². The number of furan rings is 1. The van der Waals surface area contributed by atoms with E-state index in [9.17, 15) is 4.39 Å². The molecule has 1 aromatic carbocycles. The summed E-state index contributed by atoms with van der Waals surface area (Å²) in [4.78, 5) is 0. The number of halogens is 1. The highest BCUT2D eigenvalue weighted by molar-refractivity contribution is 8.01. The topological polar surface area (TPSA) is 60.2 Å². The van der Waals surface area contributed by atoms with Crippen molar-refractivity contribution in [3.05, 3.63) is 54.2 Å². The molecule has 120 valence electrons. The Hall–Kier alpha value is -2.06. The van der Waals surface area contributed by atoms with Crippen LogP contribution in [0.5, 0.6) is 5.75 Å². The van der Waals surface area contributed by atoms with Gasteiger partial charge in [-0.3, -0.25) is 0 Å². The van der Waals surface area contributed by atoms with Crippen molar-refractivity contribution in [3.8, 4) is 5.75 Å². The summed E-state index contributed by atoms with van der Waals surface area (Å²) in [6.45, 7) is 1.05. The second kappa shape index (κ2) is 7.98. The number of aromatic nitrogens is 2. The second-order valence-corrected chi connectivity index (χ2v) is 6.78. The monoisotopic (exact) mass is 351 g/mol. The molecular weight excluding hydrogens is 337 g/mol. The minimum absolute atomic E-state index is 0.299. The van der Waals surface area contributed by atoms with E-state index in [1.807, 2.05) is 12.1 Å². The van der Waals surface area contributed by atoms with Crippen molar-refractivity contribution < 1.29 is 13.5 Å². The summed E-state index contributed by atoms with van der Waals surface area (Å²) in [7, 11) is 0. The van der Waals surface area contributed by atoms with Crippen LogP contribution in [0, 0.1) is 5.82 Å². The van der Waals surface area contributed by atoms with Gasteiger partial charge in [0.25, 0.3) is 0 Å². The Morgan fingerprint density at radius 1 is 1.26 bits per heavy atom. The zero-order valence-corrected chi connectivity index (χ0v) is 13.7. The zero-order valence-electron chi connectivity index (χ0n) is 12.1. The highest BCUT2D eigenvalue weighted by atomic mass is 32.2. The molecule has 0 spiro atoms. The molecule has 0 fully saturated rings. The molecule has 2 aromatic heterocycles. The van der Waals surface area contributed by atoms with Crippen LogP contribution in [-0.2, 0) is 6.54 Å². The van der Waals surface area contributed by atoms with Gasteiger partial charge in [-0.25, -0.2) is 4.39 Å². The average molecular weight is 351 g/mol. The molecule has 0 unspecified atom stereocenters. The van der Waals surface area contributed by atoms with Gasteiger partial charge in [0.15, 0.2) is 4.34 Å². The molecule has 0 amide bonds. The van der Waals surface area contributed by atoms with Gasteiger partial charge in [-0.05, 0) is 24.3 Å². The summed E-state index contributed by atoms with van der Waals surface area (Å²) in [5, 5.41) is 12.1. The third-order valence-electron chi connectivity index (χ3n) is 2.77. The molecule has 0 radical (unpaired) electrons. The van der Waals surface area contributed by atoms with Gasteiger partial charge < -0.3 is 14.5 Å². The average Bonchev–Trinajstić information content (AvgIpc) is 3.21. The summed E-state index contributed by atoms with van der Waals surface area (Å²) < 4.78 is 24.6. The van der Waals surface area contributed by atoms with E-state index >= 15 is 0 Å². The van der Waals surface area contributed by atoms with Crippen LogP contribution in [-0.4, -0.2) is 22.6 Å². The minimum atomic E-state index is -0.299. The van der Waals surface area contributed by atoms with Gasteiger partial charge in [0.2, 0.25) is 5.13 Å². The Morgan fingerprint density at radius 2 is 2.22 bits per heavy atom. The van der Waals surface area contributed by atoms with E-state index in [1.165, 1.54) is 23.5 Å². The Bertz CT molecular complexity index is 734. The highest BCUT2D eigenvalue weighted by Gasteiger charge is 2.05. The Kier molecular flexibility index (Phi) is 5.49. The predicted molar refractivity (Wildman–Crippen MR) is 88.6 cm³/mol. The fraction of sp³-hybridized carbons (Fsp3) is 0.200. The molecule has 0 saturated heterocycles. The van der Waals surface area contributed by atoms with E-state index in [0.717, 1.165) is 15.2 Å². The number of nitrogens with zero attached hydrogens (tertiary/aromatic N) is 2. The van der Waals surface area contributed by atoms with Crippen molar-refractivity contribution >= 4 is 28.2 Å². The molecule has 1 N–H and O–H groups in total. The number of rotatable bonds is 8. The van der Waals surface area contributed by atoms with Crippen LogP contribution in [0.3, 0.4) is 0 Å². The van der Waals surface area contributed by atoms with E-state index in [-0.39, 0.29) is 5.82 Å². The van der Waals surface area contributed by atoms with Crippen molar-refractivity contribution in [2.24, 2.45) is 0 Å². The van der Waals surface area contributed by atoms with E-state index in [0.29, 0.717) is 24.7 Å². The lowest BCUT2D eigenvalue weighted by molar-refractivity contribution is 0.342. The van der Waals surface area contributed by atoms with Crippen LogP contribution in [0.25, 0.3) is 0 Å². The van der Waals surface area contributed by atoms with Gasteiger partial charge in [0.05, 0.1) is 19.4 Å². The predicted octanol–water partition coefficient (Wildman–Crippen LogP) is 4.05. The standard InChI is InChI=1S/C15H14FN3O2S2/c16-11-3-1-4-12(9-11)21-7-8-22-15-19-18-14(23-15)17-10-13-5-2-6-20-13/h1-6,9H,7-8,10H2,(H,17,18). The maximum absolute atomic E-state index is 13.0. The lowest BCUT2D eigenvalue weighted by Gasteiger charge is -2.04. The molecule has 0 aliphatic carbocycles. The van der Waals surface area contributed by atoms with E-state index in [2.05, 4.69) is 15.5 Å². The van der Waals surface area contributed by atoms with Crippen molar-refractivity contribution in [3.63, 3.8) is 0 Å². The molecular formula is C15H14FN3O2S2. The zero-order chi connectivity index (χ0) is 15.9. The second-order valence-electron chi connectivity index (χ2n) is 4.46. The van der Waals surface area contributed by atoms with Crippen molar-refractivity contribution in [2.45, 2.75) is 10.9 Å². The Morgan fingerprint density at radius 3 is 3.04 bits per heavy atom. The molecule has 5 nitrogen and oxygen atoms in total. The molecule has 0 saturated carbocycles. The quantitative estimate of drug-likeness (QED) is 0.488. The molecule has 8 heteroatoms. The lowest BCUT2D eigenvalue weighted by Crippen LogP contribution is -2.00. The number of hydrogen-bond acceptors (Lipinski definition) is 7. The number of nitrogens with one attached hydrogen (secondary N) is 1. The summed E-state index contributed by atoms with van der Waals surface area (Å²) in [6.07, 6.45) is 1.64. The van der Waals surface area contributed by atoms with E-state index in [1.54, 1.807) is 30.2 Å². The largest absolute Gasteiger partial charge is 0.493 e. The molecule has 2 heterocycles. The first kappa shape index (κ1) is 15.8. The van der Waals surface area contributed by atoms with E-state index < -0.39 is 0 Å². The molecule has 0 atom stereocenters. The fourth-order valence-electron chi connectivity index (χ4n) is 1.76. The molecule has 23 heavy (non-hydrogen) atoms. The number of anilines is 1. The molecule has 3 aromatic rings. The normalized spacial score (nSPS) is 10.7. The molecule has 0 aliphatic heterocycles. The summed E-state index contributed by atoms with van der Waals surface area (Å²) >= 11 is 3.03. The maximum atomic E-state index is 13.0. The number of hydrogen-bond donors (Lipinski definition) is 1. The number of ether oxygens (including phenoxy) is 1. The van der Waals surface area contributed by atoms with Gasteiger partial charge in [0, 0.05) is 11.8 Å². The maximum Gasteiger partial charge on any atom is 0.206 e. The smallest absolute Gasteiger partial charge is 0.206 e. The van der Waals surface area contributed by atoms with Gasteiger partial charge >= 0.3 is 0 Å². The Balaban J connectivity index is 1.39.